The predicted molar refractivity (Wildman–Crippen MR) is 236 cm³/mol. The summed E-state index contributed by atoms with van der Waals surface area (Å²) in [4.78, 5) is 70.9. The quantitative estimate of drug-likeness (QED) is 0.0477. The zero-order valence-electron chi connectivity index (χ0n) is 35.4. The molecule has 2 aliphatic heterocycles. The number of phenols is 1. The number of ether oxygens (including phenoxy) is 1. The van der Waals surface area contributed by atoms with Crippen LogP contribution < -0.4 is 26.8 Å². The molecule has 0 amide bonds. The summed E-state index contributed by atoms with van der Waals surface area (Å²) in [6, 6.07) is 8.53. The number of hydrogen-bond donors (Lipinski definition) is 11. The maximum absolute atomic E-state index is 13.5. The number of hydrogen-bond acceptors (Lipinski definition) is 21. The first-order valence-corrected chi connectivity index (χ1v) is 23.4. The number of nitrogens with two attached hydrogens (primary N) is 1. The number of rotatable bonds is 16. The van der Waals surface area contributed by atoms with E-state index in [1.54, 1.807) is 49.7 Å². The van der Waals surface area contributed by atoms with E-state index >= 15 is 0 Å². The molecule has 67 heavy (non-hydrogen) atoms. The molecule has 26 nitrogen and oxygen atoms in total. The van der Waals surface area contributed by atoms with Gasteiger partial charge in [0.1, 0.15) is 60.0 Å². The van der Waals surface area contributed by atoms with Crippen LogP contribution in [0.15, 0.2) is 69.8 Å². The molecule has 1 fully saturated rings. The first-order valence-electron chi connectivity index (χ1n) is 20.4. The first kappa shape index (κ1) is 47.8. The number of anilines is 5. The number of benzene rings is 2. The Kier molecular flexibility index (Phi) is 13.4. The molecule has 358 valence electrons. The molecule has 10 atom stereocenters. The number of phenolic OH excluding ortho intramolecular Hbond substituents is 1. The van der Waals surface area contributed by atoms with Gasteiger partial charge >= 0.3 is 21.3 Å². The molecule has 2 aromatic carbocycles. The number of H-pyrrole nitrogens is 2. The Morgan fingerprint density at radius 3 is 2.49 bits per heavy atom. The topological polar surface area (TPSA) is 387 Å². The SMILES string of the molecule is Cc1cc2c(cc1C)N(C[C@H](O)[C@H](O)[C@H](O)COP(=O)(O)OP(=O)(O)OC[C@H]1O[C@@H](n3cnc4c(N)ncnc43)[C@H](O)[C@@H]1O)c1[nH]c(=O)[nH]c(=O)c1N2/C=C/C=N[C@@H]1CCc2c(O)cccc21. The number of aromatic amines is 2. The van der Waals surface area contributed by atoms with E-state index in [1.165, 1.54) is 20.7 Å². The van der Waals surface area contributed by atoms with Gasteiger partial charge in [0, 0.05) is 12.4 Å². The van der Waals surface area contributed by atoms with Gasteiger partial charge in [-0.1, -0.05) is 12.1 Å². The van der Waals surface area contributed by atoms with Gasteiger partial charge in [0.25, 0.3) is 5.56 Å². The number of aromatic nitrogens is 6. The average Bonchev–Trinajstić information content (AvgIpc) is 3.97. The van der Waals surface area contributed by atoms with E-state index in [0.29, 0.717) is 24.2 Å². The Morgan fingerprint density at radius 2 is 1.73 bits per heavy atom. The van der Waals surface area contributed by atoms with Crippen molar-refractivity contribution >= 4 is 61.7 Å². The highest BCUT2D eigenvalue weighted by molar-refractivity contribution is 7.61. The van der Waals surface area contributed by atoms with Crippen LogP contribution in [0.1, 0.15) is 40.9 Å². The summed E-state index contributed by atoms with van der Waals surface area (Å²) in [5.41, 5.74) is 8.34. The van der Waals surface area contributed by atoms with Crippen molar-refractivity contribution in [2.45, 2.75) is 75.6 Å². The van der Waals surface area contributed by atoms with E-state index in [2.05, 4.69) is 38.7 Å². The molecule has 8 rings (SSSR count). The molecule has 12 N–H and O–H groups in total. The fourth-order valence-electron chi connectivity index (χ4n) is 8.03. The van der Waals surface area contributed by atoms with Crippen molar-refractivity contribution < 1.29 is 67.7 Å². The molecule has 5 heterocycles. The number of fused-ring (bicyclic) bond motifs is 4. The van der Waals surface area contributed by atoms with Gasteiger partial charge in [-0.3, -0.25) is 33.4 Å². The van der Waals surface area contributed by atoms with Crippen molar-refractivity contribution in [2.24, 2.45) is 4.99 Å². The largest absolute Gasteiger partial charge is 0.508 e. The summed E-state index contributed by atoms with van der Waals surface area (Å²) in [7, 11) is -11.1. The predicted octanol–water partition coefficient (Wildman–Crippen LogP) is 0.622. The molecule has 0 saturated carbocycles. The lowest BCUT2D eigenvalue weighted by atomic mass is 10.0. The fourth-order valence-corrected chi connectivity index (χ4v) is 10.1. The Morgan fingerprint density at radius 1 is 1.00 bits per heavy atom. The number of allylic oxidation sites excluding steroid dienone is 1. The number of β-amino-alcohol motifs (C(OH)–C–C–N with tert-alkyl or cyclic N) is 1. The van der Waals surface area contributed by atoms with Gasteiger partial charge in [0.05, 0.1) is 43.5 Å². The minimum atomic E-state index is -5.60. The van der Waals surface area contributed by atoms with E-state index in [1.807, 2.05) is 13.0 Å². The second-order valence-corrected chi connectivity index (χ2v) is 19.0. The third kappa shape index (κ3) is 9.71. The van der Waals surface area contributed by atoms with Crippen LogP contribution in [0, 0.1) is 13.8 Å². The summed E-state index contributed by atoms with van der Waals surface area (Å²) >= 11 is 0. The molecule has 5 aromatic rings. The van der Waals surface area contributed by atoms with E-state index in [-0.39, 0.29) is 40.3 Å². The van der Waals surface area contributed by atoms with Crippen molar-refractivity contribution in [3.05, 3.63) is 98.4 Å². The minimum absolute atomic E-state index is 0.0241. The van der Waals surface area contributed by atoms with Gasteiger partial charge in [0.2, 0.25) is 0 Å². The molecule has 2 unspecified atom stereocenters. The van der Waals surface area contributed by atoms with Crippen molar-refractivity contribution in [1.82, 2.24) is 29.5 Å². The second-order valence-electron chi connectivity index (χ2n) is 15.9. The summed E-state index contributed by atoms with van der Waals surface area (Å²) in [5, 5.41) is 64.5. The van der Waals surface area contributed by atoms with Crippen molar-refractivity contribution in [3.63, 3.8) is 0 Å². The zero-order valence-corrected chi connectivity index (χ0v) is 37.2. The van der Waals surface area contributed by atoms with Crippen LogP contribution >= 0.6 is 15.6 Å². The molecule has 3 aromatic heterocycles. The maximum atomic E-state index is 13.5. The van der Waals surface area contributed by atoms with E-state index in [4.69, 9.17) is 15.0 Å². The number of aromatic hydroxyl groups is 1. The molecule has 0 radical (unpaired) electrons. The summed E-state index contributed by atoms with van der Waals surface area (Å²) in [6.45, 7) is 0.812. The number of phosphoric acid groups is 2. The lowest BCUT2D eigenvalue weighted by Crippen LogP contribution is -2.47. The van der Waals surface area contributed by atoms with Gasteiger partial charge in [-0.25, -0.2) is 28.9 Å². The monoisotopic (exact) mass is 972 g/mol. The number of nitrogens with one attached hydrogen (secondary N) is 2. The van der Waals surface area contributed by atoms with Crippen LogP contribution in [0.3, 0.4) is 0 Å². The first-order chi connectivity index (χ1) is 31.7. The average molecular weight is 973 g/mol. The van der Waals surface area contributed by atoms with Crippen molar-refractivity contribution in [1.29, 1.82) is 0 Å². The third-order valence-corrected chi connectivity index (χ3v) is 14.1. The molecule has 0 bridgehead atoms. The molecule has 3 aliphatic rings. The molecule has 1 aliphatic carbocycles. The summed E-state index contributed by atoms with van der Waals surface area (Å²) in [5.74, 6) is 0.124. The van der Waals surface area contributed by atoms with Crippen LogP contribution in [-0.4, -0.2) is 133 Å². The van der Waals surface area contributed by atoms with Crippen LogP contribution in [0.5, 0.6) is 5.75 Å². The summed E-state index contributed by atoms with van der Waals surface area (Å²) in [6.07, 6.45) is -4.07. The Balaban J connectivity index is 0.914. The van der Waals surface area contributed by atoms with Gasteiger partial charge in [-0.05, 0) is 73.2 Å². The molecule has 0 spiro atoms. The highest BCUT2D eigenvalue weighted by Crippen LogP contribution is 2.60. The lowest BCUT2D eigenvalue weighted by Gasteiger charge is -2.39. The number of aliphatic hydroxyl groups is 5. The van der Waals surface area contributed by atoms with E-state index in [0.717, 1.165) is 28.6 Å². The number of nitrogens with zero attached hydrogens (tertiary/aromatic N) is 7. The van der Waals surface area contributed by atoms with Gasteiger partial charge in [-0.15, -0.1) is 0 Å². The van der Waals surface area contributed by atoms with E-state index in [9.17, 15) is 59.1 Å². The van der Waals surface area contributed by atoms with Gasteiger partial charge in [-0.2, -0.15) is 4.31 Å². The Labute approximate surface area is 378 Å². The molecule has 1 saturated heterocycles. The smallest absolute Gasteiger partial charge is 0.481 e. The van der Waals surface area contributed by atoms with Crippen molar-refractivity contribution in [2.75, 3.05) is 35.3 Å². The number of aliphatic hydroxyl groups excluding tert-OH is 5. The van der Waals surface area contributed by atoms with E-state index < -0.39 is 89.5 Å². The number of aliphatic imine (C=N–C) groups is 1. The number of imidazole rings is 1. The minimum Gasteiger partial charge on any atom is -0.508 e. The van der Waals surface area contributed by atoms with Gasteiger partial charge < -0.3 is 60.7 Å². The third-order valence-electron chi connectivity index (χ3n) is 11.5. The highest BCUT2D eigenvalue weighted by atomic mass is 31.3. The van der Waals surface area contributed by atoms with Crippen LogP contribution in [0.2, 0.25) is 0 Å². The standard InChI is InChI=1S/C39H46N10O16P2/c1-18-11-23-24(12-19(18)2)48(36-30(37(56)46-39(57)45-36)47(23)10-4-9-41-22-8-7-21-20(22)5-3-6-25(21)50)13-26(51)31(53)27(52)14-62-66(58,59)65-67(60,61)63-15-28-32(54)33(55)38(64-28)49-17-44-29-34(40)42-16-43-35(29)49/h3-6,9-12,16-17,22,26-28,31-33,38,50-55H,7-8,13-15H2,1-2H3,(H,58,59)(H,60,61)(H2,40,42,43)(H2,45,46,56,57)/b10-4+,41-9?/t22-,26+,27-,28-,31+,32-,33-,38-/m1/s1. The number of aryl methyl sites for hydroxylation is 2. The fraction of sp³-hybridized carbons (Fsp3) is 0.385. The normalized spacial score (nSPS) is 23.6. The lowest BCUT2D eigenvalue weighted by molar-refractivity contribution is -0.0719. The maximum Gasteiger partial charge on any atom is 0.481 e. The zero-order chi connectivity index (χ0) is 48.1. The highest BCUT2D eigenvalue weighted by Gasteiger charge is 2.46. The molecular weight excluding hydrogens is 926 g/mol. The van der Waals surface area contributed by atoms with Crippen LogP contribution in [0.4, 0.5) is 28.7 Å². The van der Waals surface area contributed by atoms with Gasteiger partial charge in [0.15, 0.2) is 23.4 Å². The van der Waals surface area contributed by atoms with Crippen LogP contribution in [0.25, 0.3) is 11.2 Å². The van der Waals surface area contributed by atoms with Crippen LogP contribution in [-0.2, 0) is 33.6 Å². The number of phosphoric ester groups is 2. The van der Waals surface area contributed by atoms with Crippen molar-refractivity contribution in [3.8, 4) is 5.75 Å². The number of nitrogen functional groups attached to an aromatic ring is 1. The Bertz CT molecular complexity index is 2970. The molecular formula is C39H46N10O16P2. The molecule has 28 heteroatoms. The Hall–Kier alpha value is -5.70. The summed E-state index contributed by atoms with van der Waals surface area (Å²) < 4.78 is 46.1. The second kappa shape index (κ2) is 18.8.